The van der Waals surface area contributed by atoms with Crippen molar-refractivity contribution < 1.29 is 133 Å². The van der Waals surface area contributed by atoms with Crippen molar-refractivity contribution in [3.63, 3.8) is 0 Å². The van der Waals surface area contributed by atoms with E-state index in [1.54, 1.807) is 5.32 Å². The van der Waals surface area contributed by atoms with Gasteiger partial charge in [0.1, 0.15) is 35.6 Å². The van der Waals surface area contributed by atoms with Gasteiger partial charge in [0.2, 0.25) is 24.6 Å². The van der Waals surface area contributed by atoms with E-state index in [9.17, 15) is 65.1 Å². The molecular weight excluding hydrogens is 1640 g/mol. The monoisotopic (exact) mass is 1730 g/mol. The van der Waals surface area contributed by atoms with Gasteiger partial charge in [0, 0.05) is 118 Å². The zero-order valence-electron chi connectivity index (χ0n) is 66.3. The van der Waals surface area contributed by atoms with Crippen molar-refractivity contribution >= 4 is 66.0 Å². The number of alkyl carbamates (subject to hydrolysis) is 2. The number of phosphoric acid groups is 1. The van der Waals surface area contributed by atoms with Gasteiger partial charge in [-0.25, -0.2) is 47.4 Å². The van der Waals surface area contributed by atoms with Crippen LogP contribution < -0.4 is 30.8 Å². The van der Waals surface area contributed by atoms with Gasteiger partial charge >= 0.3 is 51.0 Å². The first-order valence-electron chi connectivity index (χ1n) is 36.9. The van der Waals surface area contributed by atoms with Crippen molar-refractivity contribution in [2.45, 2.75) is 154 Å². The number of carbonyl (C=O) groups is 7. The molecule has 2 bridgehead atoms. The number of methoxy groups -OCH3 is 2. The van der Waals surface area contributed by atoms with E-state index < -0.39 is 193 Å². The lowest BCUT2D eigenvalue weighted by Gasteiger charge is -2.47. The van der Waals surface area contributed by atoms with Crippen LogP contribution in [0.1, 0.15) is 106 Å². The maximum absolute atomic E-state index is 16.8. The fourth-order valence-electron chi connectivity index (χ4n) is 14.1. The molecule has 0 spiro atoms. The SMILES string of the molecule is COC(=O)N[C@H](C(=O)N[C@@H](Cc1ccc(C#Cc2cnc(N3CC4CCC(C3)N4C3COC3)nc2)cc1)[C@H](CN(Cc1c(F)cc(-c2ccn(C(F)F)n2)cc1F)NC(=O)[C@@H](NC(=O)OC)C(C)(C)C(F)(F)F)OC(=O)OCOC(=O)CC(C)(C)c1c(CC(=O)N2CCN(S(=O)(=O)N(C)C)CC2)cc(C)cc1OP(=O)(O)O)C(C)(C)C(F)(F)F. The van der Waals surface area contributed by atoms with E-state index in [1.807, 2.05) is 10.7 Å². The number of piperazine rings is 2. The summed E-state index contributed by atoms with van der Waals surface area (Å²) in [5.41, 5.74) is -7.34. The highest BCUT2D eigenvalue weighted by Crippen LogP contribution is 2.47. The molecule has 0 radical (unpaired) electrons. The molecule has 9 rings (SSSR count). The number of amides is 5. The van der Waals surface area contributed by atoms with E-state index in [-0.39, 0.29) is 53.1 Å². The van der Waals surface area contributed by atoms with Gasteiger partial charge in [-0.3, -0.25) is 39.3 Å². The molecule has 6 N–H and O–H groups in total. The lowest BCUT2D eigenvalue weighted by molar-refractivity contribution is -0.221. The topological polar surface area (TPSA) is 387 Å². The molecule has 4 fully saturated rings. The van der Waals surface area contributed by atoms with Crippen LogP contribution >= 0.6 is 7.82 Å². The minimum absolute atomic E-state index is 0.0526. The van der Waals surface area contributed by atoms with Crippen LogP contribution in [-0.4, -0.2) is 252 Å². The number of hydrazine groups is 1. The van der Waals surface area contributed by atoms with Crippen LogP contribution in [0.4, 0.5) is 64.2 Å². The number of hydrogen-bond acceptors (Lipinski definition) is 23. The fraction of sp³-hybridized carbons (Fsp3) is 0.541. The maximum Gasteiger partial charge on any atom is 0.524 e. The summed E-state index contributed by atoms with van der Waals surface area (Å²) in [6.45, 7) is 0.986. The van der Waals surface area contributed by atoms with E-state index in [4.69, 9.17) is 23.5 Å². The molecule has 0 saturated carbocycles. The number of carbonyl (C=O) groups excluding carboxylic acids is 7. The Kier molecular flexibility index (Phi) is 29.5. The summed E-state index contributed by atoms with van der Waals surface area (Å²) in [5, 5.41) is 9.84. The number of phosphoric ester groups is 1. The lowest BCUT2D eigenvalue weighted by atomic mass is 9.77. The van der Waals surface area contributed by atoms with Crippen LogP contribution in [0, 0.1) is 41.2 Å². The number of ether oxygens (including phenoxy) is 6. The highest BCUT2D eigenvalue weighted by Gasteiger charge is 2.58. The van der Waals surface area contributed by atoms with Crippen LogP contribution in [0.5, 0.6) is 5.75 Å². The van der Waals surface area contributed by atoms with Gasteiger partial charge in [-0.1, -0.05) is 43.9 Å². The Hall–Kier alpha value is -10.0. The zero-order valence-corrected chi connectivity index (χ0v) is 68.0. The molecule has 6 atom stereocenters. The Labute approximate surface area is 677 Å². The molecule has 33 nitrogen and oxygen atoms in total. The standard InChI is InChI=1S/C74H91F10N14O19PS/c1-42-26-47(31-58(99)93-22-24-96(25-23-93)119(109,110)92(8)9)60(56(27-42)117-118(106,107)108)70(2,3)32-59(100)114-41-115-69(105)116-57(38-95(91-64(102)62(89-68(104)112-11)72(6,7)74(82,83)84)37-51-52(75)29-46(30-53(51)76)54-20-21-97(90-54)65(77)78)55(87-63(101)61(88-67(103)111-10)71(4,5)73(79,80)81)28-44-15-12-43(13-16-44)14-17-45-33-85-66(86-34-45)94-35-48-18-19-49(36-94)98(48)50-39-113-40-50/h12-13,15-16,20-21,26-27,29-30,33-34,48-50,55,57,61-62,65H,18-19,22-25,28,31-32,35-41H2,1-11H3,(H,87,101)(H,88,103)(H,89,104)(H,91,102)(H2,106,107,108)/t48?,49?,55-,57-,61+,62+/m0/s1. The number of aromatic nitrogens is 4. The number of hydrogen-bond donors (Lipinski definition) is 6. The lowest BCUT2D eigenvalue weighted by Crippen LogP contribution is -2.64. The summed E-state index contributed by atoms with van der Waals surface area (Å²) in [5.74, 6) is -2.79. The molecule has 4 aliphatic rings. The summed E-state index contributed by atoms with van der Waals surface area (Å²) < 4.78 is 229. The van der Waals surface area contributed by atoms with Crippen molar-refractivity contribution in [3.8, 4) is 28.8 Å². The molecule has 2 aromatic heterocycles. The molecule has 6 heterocycles. The Morgan fingerprint density at radius 3 is 1.82 bits per heavy atom. The van der Waals surface area contributed by atoms with Crippen molar-refractivity contribution in [3.05, 3.63) is 124 Å². The maximum atomic E-state index is 16.8. The molecular formula is C74H91F10N14O19PS. The molecule has 5 amide bonds. The molecule has 3 aromatic carbocycles. The molecule has 2 unspecified atom stereocenters. The predicted molar refractivity (Wildman–Crippen MR) is 400 cm³/mol. The Morgan fingerprint density at radius 1 is 0.748 bits per heavy atom. The fourth-order valence-corrected chi connectivity index (χ4v) is 15.6. The highest BCUT2D eigenvalue weighted by atomic mass is 32.2. The minimum Gasteiger partial charge on any atom is -0.453 e. The summed E-state index contributed by atoms with van der Waals surface area (Å²) in [6.07, 6.45) is -14.7. The smallest absolute Gasteiger partial charge is 0.453 e. The first-order chi connectivity index (χ1) is 55.5. The number of anilines is 1. The second-order valence-electron chi connectivity index (χ2n) is 30.6. The van der Waals surface area contributed by atoms with Crippen LogP contribution in [0.2, 0.25) is 0 Å². The highest BCUT2D eigenvalue weighted by molar-refractivity contribution is 7.86. The quantitative estimate of drug-likeness (QED) is 0.00481. The van der Waals surface area contributed by atoms with Gasteiger partial charge in [0.15, 0.2) is 0 Å². The van der Waals surface area contributed by atoms with Crippen LogP contribution in [-0.2, 0) is 87.2 Å². The first kappa shape index (κ1) is 92.9. The second-order valence-corrected chi connectivity index (χ2v) is 34.0. The summed E-state index contributed by atoms with van der Waals surface area (Å²) >= 11 is 0. The first-order valence-corrected chi connectivity index (χ1v) is 39.8. The second kappa shape index (κ2) is 37.7. The van der Waals surface area contributed by atoms with Crippen molar-refractivity contribution in [1.29, 1.82) is 0 Å². The number of halogens is 10. The van der Waals surface area contributed by atoms with Crippen molar-refractivity contribution in [1.82, 2.24) is 64.5 Å². The number of nitrogens with one attached hydrogen (secondary N) is 4. The van der Waals surface area contributed by atoms with E-state index in [2.05, 4.69) is 51.5 Å². The van der Waals surface area contributed by atoms with Gasteiger partial charge in [0.05, 0.1) is 81.0 Å². The van der Waals surface area contributed by atoms with Gasteiger partial charge in [-0.05, 0) is 107 Å². The molecule has 5 aromatic rings. The number of alkyl halides is 8. The molecule has 4 saturated heterocycles. The van der Waals surface area contributed by atoms with E-state index in [1.165, 1.54) is 88.6 Å². The van der Waals surface area contributed by atoms with Gasteiger partial charge < -0.3 is 58.7 Å². The van der Waals surface area contributed by atoms with Gasteiger partial charge in [-0.15, -0.1) is 0 Å². The van der Waals surface area contributed by atoms with E-state index in [0.29, 0.717) is 113 Å². The third-order valence-electron chi connectivity index (χ3n) is 20.8. The molecule has 0 aliphatic carbocycles. The van der Waals surface area contributed by atoms with Crippen molar-refractivity contribution in [2.24, 2.45) is 10.8 Å². The van der Waals surface area contributed by atoms with E-state index in [0.717, 1.165) is 40.8 Å². The number of aryl methyl sites for hydroxylation is 1. The minimum atomic E-state index is -5.44. The average molecular weight is 1730 g/mol. The normalized spacial score (nSPS) is 17.6. The largest absolute Gasteiger partial charge is 0.524 e. The predicted octanol–water partition coefficient (Wildman–Crippen LogP) is 7.32. The summed E-state index contributed by atoms with van der Waals surface area (Å²) in [6, 6.07) is 3.61. The number of benzene rings is 3. The zero-order chi connectivity index (χ0) is 87.8. The van der Waals surface area contributed by atoms with Gasteiger partial charge in [-0.2, -0.15) is 57.3 Å². The van der Waals surface area contributed by atoms with Crippen LogP contribution in [0.15, 0.2) is 73.2 Å². The van der Waals surface area contributed by atoms with Crippen LogP contribution in [0.25, 0.3) is 11.3 Å². The number of rotatable bonds is 31. The van der Waals surface area contributed by atoms with Crippen molar-refractivity contribution in [2.75, 3.05) is 99.0 Å². The number of esters is 1. The Morgan fingerprint density at radius 2 is 1.31 bits per heavy atom. The molecule has 4 aliphatic heterocycles. The summed E-state index contributed by atoms with van der Waals surface area (Å²) in [7, 11) is -5.21. The van der Waals surface area contributed by atoms with E-state index >= 15 is 35.1 Å². The Balaban J connectivity index is 1.08. The van der Waals surface area contributed by atoms with Gasteiger partial charge in [0.25, 0.3) is 16.1 Å². The molecule has 119 heavy (non-hydrogen) atoms. The summed E-state index contributed by atoms with van der Waals surface area (Å²) in [4.78, 5) is 133. The Bertz CT molecular complexity index is 4710. The molecule has 45 heteroatoms. The number of fused-ring (bicyclic) bond motifs is 2. The number of nitrogens with zero attached hydrogens (tertiary/aromatic N) is 10. The third-order valence-corrected chi connectivity index (χ3v) is 23.2. The van der Waals surface area contributed by atoms with Crippen LogP contribution in [0.3, 0.4) is 0 Å². The third kappa shape index (κ3) is 23.1. The molecule has 652 valence electrons. The average Bonchev–Trinajstić information content (AvgIpc) is 1.76.